The number of methoxy groups -OCH3 is 1. The summed E-state index contributed by atoms with van der Waals surface area (Å²) in [5.74, 6) is 0.516. The van der Waals surface area contributed by atoms with Gasteiger partial charge in [-0.25, -0.2) is 9.78 Å². The van der Waals surface area contributed by atoms with Crippen molar-refractivity contribution < 1.29 is 9.53 Å². The molecule has 0 aliphatic rings. The van der Waals surface area contributed by atoms with Gasteiger partial charge in [0.1, 0.15) is 0 Å². The number of carbonyl (C=O) groups excluding carboxylic acids is 1. The van der Waals surface area contributed by atoms with Gasteiger partial charge in [-0.2, -0.15) is 5.10 Å². The quantitative estimate of drug-likeness (QED) is 0.836. The Morgan fingerprint density at radius 3 is 3.00 bits per heavy atom. The first-order valence-electron chi connectivity index (χ1n) is 6.68. The molecule has 0 aliphatic carbocycles. The van der Waals surface area contributed by atoms with Gasteiger partial charge in [0.15, 0.2) is 0 Å². The molecule has 2 rings (SSSR count). The maximum absolute atomic E-state index is 11.8. The monoisotopic (exact) mass is 289 g/mol. The minimum Gasteiger partial charge on any atom is -0.481 e. The van der Waals surface area contributed by atoms with Crippen LogP contribution in [0.15, 0.2) is 36.8 Å². The van der Waals surface area contributed by atoms with Gasteiger partial charge in [-0.15, -0.1) is 0 Å². The van der Waals surface area contributed by atoms with Crippen LogP contribution in [0.5, 0.6) is 5.88 Å². The molecular formula is C14H19N5O2. The van der Waals surface area contributed by atoms with Crippen LogP contribution < -0.4 is 15.4 Å². The van der Waals surface area contributed by atoms with Crippen LogP contribution >= 0.6 is 0 Å². The third kappa shape index (κ3) is 4.48. The number of rotatable bonds is 6. The van der Waals surface area contributed by atoms with Crippen LogP contribution in [0.4, 0.5) is 4.79 Å². The lowest BCUT2D eigenvalue weighted by Crippen LogP contribution is -2.42. The third-order valence-electron chi connectivity index (χ3n) is 2.88. The van der Waals surface area contributed by atoms with Crippen LogP contribution in [0.25, 0.3) is 0 Å². The van der Waals surface area contributed by atoms with Crippen molar-refractivity contribution in [2.75, 3.05) is 7.11 Å². The molecule has 7 nitrogen and oxygen atoms in total. The fourth-order valence-corrected chi connectivity index (χ4v) is 1.93. The van der Waals surface area contributed by atoms with Crippen LogP contribution in [0, 0.1) is 0 Å². The van der Waals surface area contributed by atoms with Gasteiger partial charge in [0.25, 0.3) is 0 Å². The van der Waals surface area contributed by atoms with E-state index in [0.29, 0.717) is 19.0 Å². The van der Waals surface area contributed by atoms with Gasteiger partial charge >= 0.3 is 6.03 Å². The Bertz CT molecular complexity index is 571. The van der Waals surface area contributed by atoms with Crippen molar-refractivity contribution in [1.29, 1.82) is 0 Å². The molecule has 0 unspecified atom stereocenters. The van der Waals surface area contributed by atoms with Gasteiger partial charge in [-0.05, 0) is 19.1 Å². The van der Waals surface area contributed by atoms with Crippen LogP contribution in [0.2, 0.25) is 0 Å². The smallest absolute Gasteiger partial charge is 0.315 e. The van der Waals surface area contributed by atoms with Crippen LogP contribution in [-0.2, 0) is 13.1 Å². The van der Waals surface area contributed by atoms with E-state index in [9.17, 15) is 4.79 Å². The summed E-state index contributed by atoms with van der Waals surface area (Å²) in [5.41, 5.74) is 0.829. The first-order chi connectivity index (χ1) is 10.2. The second-order valence-corrected chi connectivity index (χ2v) is 4.63. The maximum Gasteiger partial charge on any atom is 0.315 e. The summed E-state index contributed by atoms with van der Waals surface area (Å²) in [6, 6.07) is 5.25. The fraction of sp³-hybridized carbons (Fsp3) is 0.357. The topological polar surface area (TPSA) is 81.1 Å². The molecule has 7 heteroatoms. The number of nitrogens with one attached hydrogen (secondary N) is 2. The largest absolute Gasteiger partial charge is 0.481 e. The molecule has 0 saturated carbocycles. The molecule has 21 heavy (non-hydrogen) atoms. The molecule has 2 aromatic heterocycles. The van der Waals surface area contributed by atoms with Crippen LogP contribution in [-0.4, -0.2) is 33.9 Å². The number of nitrogens with zero attached hydrogens (tertiary/aromatic N) is 3. The number of carbonyl (C=O) groups is 1. The van der Waals surface area contributed by atoms with Gasteiger partial charge in [-0.3, -0.25) is 4.68 Å². The van der Waals surface area contributed by atoms with Gasteiger partial charge in [0, 0.05) is 36.7 Å². The highest BCUT2D eigenvalue weighted by atomic mass is 16.5. The molecule has 0 radical (unpaired) electrons. The summed E-state index contributed by atoms with van der Waals surface area (Å²) in [4.78, 5) is 15.9. The SMILES string of the molecule is COc1ncccc1CNC(=O)N[C@@H](C)Cn1cccn1. The Morgan fingerprint density at radius 2 is 2.29 bits per heavy atom. The third-order valence-corrected chi connectivity index (χ3v) is 2.88. The van der Waals surface area contributed by atoms with E-state index < -0.39 is 0 Å². The number of aromatic nitrogens is 3. The molecule has 2 aromatic rings. The number of ether oxygens (including phenoxy) is 1. The highest BCUT2D eigenvalue weighted by Crippen LogP contribution is 2.12. The first kappa shape index (κ1) is 14.8. The van der Waals surface area contributed by atoms with E-state index >= 15 is 0 Å². The first-order valence-corrected chi connectivity index (χ1v) is 6.68. The zero-order chi connectivity index (χ0) is 15.1. The Kier molecular flexibility index (Phi) is 5.14. The van der Waals surface area contributed by atoms with E-state index in [1.54, 1.807) is 30.3 Å². The van der Waals surface area contributed by atoms with Crippen molar-refractivity contribution in [3.05, 3.63) is 42.4 Å². The van der Waals surface area contributed by atoms with Crippen molar-refractivity contribution in [2.45, 2.75) is 26.1 Å². The zero-order valence-electron chi connectivity index (χ0n) is 12.1. The minimum absolute atomic E-state index is 0.0271. The van der Waals surface area contributed by atoms with Crippen molar-refractivity contribution in [1.82, 2.24) is 25.4 Å². The molecule has 0 saturated heterocycles. The van der Waals surface area contributed by atoms with Gasteiger partial charge in [0.05, 0.1) is 13.7 Å². The predicted molar refractivity (Wildman–Crippen MR) is 77.8 cm³/mol. The fourth-order valence-electron chi connectivity index (χ4n) is 1.93. The highest BCUT2D eigenvalue weighted by molar-refractivity contribution is 5.74. The lowest BCUT2D eigenvalue weighted by Gasteiger charge is -2.15. The average Bonchev–Trinajstić information content (AvgIpc) is 2.98. The number of hydrogen-bond donors (Lipinski definition) is 2. The number of hydrogen-bond acceptors (Lipinski definition) is 4. The number of amides is 2. The van der Waals surface area contributed by atoms with Gasteiger partial charge in [0.2, 0.25) is 5.88 Å². The number of pyridine rings is 1. The molecule has 0 aromatic carbocycles. The summed E-state index contributed by atoms with van der Waals surface area (Å²) < 4.78 is 6.91. The van der Waals surface area contributed by atoms with Gasteiger partial charge in [-0.1, -0.05) is 6.07 Å². The summed E-state index contributed by atoms with van der Waals surface area (Å²) in [5, 5.41) is 9.74. The Hall–Kier alpha value is -2.57. The molecule has 2 amide bonds. The minimum atomic E-state index is -0.236. The lowest BCUT2D eigenvalue weighted by molar-refractivity contribution is 0.235. The van der Waals surface area contributed by atoms with Gasteiger partial charge < -0.3 is 15.4 Å². The molecular weight excluding hydrogens is 270 g/mol. The van der Waals surface area contributed by atoms with E-state index in [2.05, 4.69) is 20.7 Å². The second-order valence-electron chi connectivity index (χ2n) is 4.63. The summed E-state index contributed by atoms with van der Waals surface area (Å²) in [6.45, 7) is 2.90. The molecule has 0 bridgehead atoms. The zero-order valence-corrected chi connectivity index (χ0v) is 12.1. The molecule has 0 spiro atoms. The standard InChI is InChI=1S/C14H19N5O2/c1-11(10-19-8-4-7-17-19)18-14(20)16-9-12-5-3-6-15-13(12)21-2/h3-8,11H,9-10H2,1-2H3,(H2,16,18,20)/t11-/m0/s1. The van der Waals surface area contributed by atoms with Crippen LogP contribution in [0.3, 0.4) is 0 Å². The summed E-state index contributed by atoms with van der Waals surface area (Å²) in [7, 11) is 1.55. The lowest BCUT2D eigenvalue weighted by atomic mass is 10.2. The second kappa shape index (κ2) is 7.28. The number of urea groups is 1. The molecule has 112 valence electrons. The molecule has 0 aliphatic heterocycles. The summed E-state index contributed by atoms with van der Waals surface area (Å²) in [6.07, 6.45) is 5.21. The Morgan fingerprint density at radius 1 is 1.43 bits per heavy atom. The Balaban J connectivity index is 1.79. The average molecular weight is 289 g/mol. The summed E-state index contributed by atoms with van der Waals surface area (Å²) >= 11 is 0. The molecule has 0 fully saturated rings. The normalized spacial score (nSPS) is 11.7. The predicted octanol–water partition coefficient (Wildman–Crippen LogP) is 1.17. The van der Waals surface area contributed by atoms with E-state index in [1.807, 2.05) is 25.3 Å². The van der Waals surface area contributed by atoms with E-state index in [0.717, 1.165) is 5.56 Å². The molecule has 1 atom stereocenters. The molecule has 2 heterocycles. The van der Waals surface area contributed by atoms with E-state index in [-0.39, 0.29) is 12.1 Å². The van der Waals surface area contributed by atoms with Crippen molar-refractivity contribution in [3.8, 4) is 5.88 Å². The highest BCUT2D eigenvalue weighted by Gasteiger charge is 2.09. The van der Waals surface area contributed by atoms with Crippen molar-refractivity contribution in [3.63, 3.8) is 0 Å². The molecule has 2 N–H and O–H groups in total. The van der Waals surface area contributed by atoms with E-state index in [4.69, 9.17) is 4.74 Å². The van der Waals surface area contributed by atoms with Crippen molar-refractivity contribution >= 4 is 6.03 Å². The van der Waals surface area contributed by atoms with Crippen LogP contribution in [0.1, 0.15) is 12.5 Å². The Labute approximate surface area is 123 Å². The van der Waals surface area contributed by atoms with E-state index in [1.165, 1.54) is 0 Å². The van der Waals surface area contributed by atoms with Crippen molar-refractivity contribution in [2.24, 2.45) is 0 Å². The maximum atomic E-state index is 11.8.